The molecule has 1 aliphatic rings. The molecular weight excluding hydrogens is 448 g/mol. The average molecular weight is 475 g/mol. The van der Waals surface area contributed by atoms with Crippen LogP contribution in [0.2, 0.25) is 0 Å². The van der Waals surface area contributed by atoms with Crippen molar-refractivity contribution < 1.29 is 29.3 Å². The number of benzene rings is 3. The number of carbonyl (C=O) groups excluding carboxylic acids is 2. The number of aliphatic carboxylic acids is 1. The number of alkyl carbamates (subject to hydrolysis) is 1. The maximum absolute atomic E-state index is 12.7. The van der Waals surface area contributed by atoms with Crippen molar-refractivity contribution in [2.45, 2.75) is 24.8 Å². The number of carbonyl (C=O) groups is 3. The molecule has 0 aliphatic heterocycles. The van der Waals surface area contributed by atoms with Gasteiger partial charge in [0.15, 0.2) is 0 Å². The van der Waals surface area contributed by atoms with Crippen LogP contribution in [0.1, 0.15) is 29.0 Å². The highest BCUT2D eigenvalue weighted by Crippen LogP contribution is 2.44. The minimum absolute atomic E-state index is 0.0629. The van der Waals surface area contributed by atoms with Crippen LogP contribution in [0.15, 0.2) is 72.8 Å². The monoisotopic (exact) mass is 474 g/mol. The Morgan fingerprint density at radius 3 is 2.09 bits per heavy atom. The molecule has 4 rings (SSSR count). The van der Waals surface area contributed by atoms with E-state index in [9.17, 15) is 19.5 Å². The van der Waals surface area contributed by atoms with Gasteiger partial charge in [0, 0.05) is 18.9 Å². The second-order valence-corrected chi connectivity index (χ2v) is 8.33. The summed E-state index contributed by atoms with van der Waals surface area (Å²) in [7, 11) is 0. The van der Waals surface area contributed by atoms with Crippen molar-refractivity contribution >= 4 is 18.0 Å². The second-order valence-electron chi connectivity index (χ2n) is 8.33. The number of carboxylic acids is 1. The summed E-state index contributed by atoms with van der Waals surface area (Å²) < 4.78 is 5.56. The van der Waals surface area contributed by atoms with Crippen molar-refractivity contribution in [1.82, 2.24) is 10.6 Å². The molecule has 1 aliphatic carbocycles. The molecule has 0 bridgehead atoms. The number of hydrogen-bond acceptors (Lipinski definition) is 5. The largest absolute Gasteiger partial charge is 0.508 e. The summed E-state index contributed by atoms with van der Waals surface area (Å²) in [4.78, 5) is 36.2. The van der Waals surface area contributed by atoms with Crippen molar-refractivity contribution in [2.24, 2.45) is 0 Å². The lowest BCUT2D eigenvalue weighted by molar-refractivity contribution is -0.137. The molecule has 8 heteroatoms. The summed E-state index contributed by atoms with van der Waals surface area (Å²) in [6.45, 7) is 0.0407. The van der Waals surface area contributed by atoms with Crippen LogP contribution in [-0.4, -0.2) is 47.4 Å². The summed E-state index contributed by atoms with van der Waals surface area (Å²) in [5, 5.41) is 23.5. The number of fused-ring (bicyclic) bond motifs is 3. The summed E-state index contributed by atoms with van der Waals surface area (Å²) in [6.07, 6.45) is -0.838. The van der Waals surface area contributed by atoms with Gasteiger partial charge >= 0.3 is 12.1 Å². The molecule has 0 unspecified atom stereocenters. The first kappa shape index (κ1) is 23.8. The van der Waals surface area contributed by atoms with Crippen LogP contribution in [0, 0.1) is 0 Å². The summed E-state index contributed by atoms with van der Waals surface area (Å²) in [5.41, 5.74) is 5.09. The van der Waals surface area contributed by atoms with Gasteiger partial charge in [0.2, 0.25) is 5.91 Å². The first-order chi connectivity index (χ1) is 16.9. The fourth-order valence-electron chi connectivity index (χ4n) is 4.28. The third-order valence-electron chi connectivity index (χ3n) is 5.97. The van der Waals surface area contributed by atoms with Gasteiger partial charge in [-0.3, -0.25) is 9.59 Å². The van der Waals surface area contributed by atoms with E-state index in [0.717, 1.165) is 22.3 Å². The van der Waals surface area contributed by atoms with E-state index >= 15 is 0 Å². The van der Waals surface area contributed by atoms with Gasteiger partial charge < -0.3 is 25.6 Å². The van der Waals surface area contributed by atoms with Crippen molar-refractivity contribution in [2.75, 3.05) is 13.2 Å². The van der Waals surface area contributed by atoms with Crippen molar-refractivity contribution in [1.29, 1.82) is 0 Å². The molecule has 1 atom stereocenters. The fraction of sp³-hybridized carbons (Fsp3) is 0.222. The predicted octanol–water partition coefficient (Wildman–Crippen LogP) is 3.43. The second kappa shape index (κ2) is 10.7. The predicted molar refractivity (Wildman–Crippen MR) is 129 cm³/mol. The van der Waals surface area contributed by atoms with Crippen molar-refractivity contribution in [3.05, 3.63) is 89.5 Å². The van der Waals surface area contributed by atoms with Crippen LogP contribution in [0.3, 0.4) is 0 Å². The first-order valence-electron chi connectivity index (χ1n) is 11.3. The molecule has 180 valence electrons. The number of rotatable bonds is 9. The Hall–Kier alpha value is -4.33. The average Bonchev–Trinajstić information content (AvgIpc) is 3.17. The number of phenolic OH excluding ortho intramolecular Hbond substituents is 1. The minimum atomic E-state index is -1.04. The van der Waals surface area contributed by atoms with Gasteiger partial charge in [0.1, 0.15) is 18.4 Å². The normalized spacial score (nSPS) is 12.8. The van der Waals surface area contributed by atoms with E-state index in [1.54, 1.807) is 12.1 Å². The lowest BCUT2D eigenvalue weighted by Crippen LogP contribution is -2.48. The van der Waals surface area contributed by atoms with Crippen molar-refractivity contribution in [3.8, 4) is 16.9 Å². The van der Waals surface area contributed by atoms with Gasteiger partial charge in [0.25, 0.3) is 0 Å². The summed E-state index contributed by atoms with van der Waals surface area (Å²) in [6, 6.07) is 21.3. The first-order valence-corrected chi connectivity index (χ1v) is 11.3. The number of carboxylic acid groups (broad SMARTS) is 1. The summed E-state index contributed by atoms with van der Waals surface area (Å²) >= 11 is 0. The highest BCUT2D eigenvalue weighted by molar-refractivity contribution is 5.86. The van der Waals surface area contributed by atoms with E-state index in [2.05, 4.69) is 10.6 Å². The molecule has 0 aromatic heterocycles. The maximum Gasteiger partial charge on any atom is 0.407 e. The van der Waals surface area contributed by atoms with E-state index in [-0.39, 0.29) is 37.7 Å². The Morgan fingerprint density at radius 1 is 0.886 bits per heavy atom. The fourth-order valence-corrected chi connectivity index (χ4v) is 4.28. The highest BCUT2D eigenvalue weighted by Gasteiger charge is 2.30. The van der Waals surface area contributed by atoms with Crippen LogP contribution >= 0.6 is 0 Å². The molecule has 0 radical (unpaired) electrons. The Labute approximate surface area is 202 Å². The Bertz CT molecular complexity index is 1180. The molecule has 8 nitrogen and oxygen atoms in total. The Morgan fingerprint density at radius 2 is 1.49 bits per heavy atom. The van der Waals surface area contributed by atoms with Gasteiger partial charge in [-0.05, 0) is 39.9 Å². The van der Waals surface area contributed by atoms with E-state index in [1.165, 1.54) is 12.1 Å². The Kier molecular flexibility index (Phi) is 7.30. The Balaban J connectivity index is 1.43. The van der Waals surface area contributed by atoms with Gasteiger partial charge in [-0.25, -0.2) is 4.79 Å². The number of amides is 2. The molecule has 0 heterocycles. The van der Waals surface area contributed by atoms with E-state index < -0.39 is 24.0 Å². The zero-order valence-electron chi connectivity index (χ0n) is 18.9. The number of ether oxygens (including phenoxy) is 1. The quantitative estimate of drug-likeness (QED) is 0.377. The number of aromatic hydroxyl groups is 1. The van der Waals surface area contributed by atoms with Crippen molar-refractivity contribution in [3.63, 3.8) is 0 Å². The summed E-state index contributed by atoms with van der Waals surface area (Å²) in [5.74, 6) is -1.59. The van der Waals surface area contributed by atoms with E-state index in [4.69, 9.17) is 9.84 Å². The van der Waals surface area contributed by atoms with E-state index in [0.29, 0.717) is 5.56 Å². The van der Waals surface area contributed by atoms with Crippen LogP contribution in [0.4, 0.5) is 4.79 Å². The van der Waals surface area contributed by atoms with Gasteiger partial charge in [-0.1, -0.05) is 60.7 Å². The highest BCUT2D eigenvalue weighted by atomic mass is 16.5. The van der Waals surface area contributed by atoms with Crippen LogP contribution in [0.5, 0.6) is 5.75 Å². The van der Waals surface area contributed by atoms with Gasteiger partial charge in [-0.2, -0.15) is 0 Å². The topological polar surface area (TPSA) is 125 Å². The smallest absolute Gasteiger partial charge is 0.407 e. The number of phenols is 1. The maximum atomic E-state index is 12.7. The molecule has 2 amide bonds. The van der Waals surface area contributed by atoms with Crippen LogP contribution < -0.4 is 10.6 Å². The molecule has 3 aromatic carbocycles. The number of hydrogen-bond donors (Lipinski definition) is 4. The molecule has 35 heavy (non-hydrogen) atoms. The zero-order valence-corrected chi connectivity index (χ0v) is 18.9. The molecule has 0 spiro atoms. The molecule has 3 aromatic rings. The lowest BCUT2D eigenvalue weighted by atomic mass is 9.98. The third kappa shape index (κ3) is 5.78. The molecule has 0 saturated carbocycles. The molecule has 0 saturated heterocycles. The minimum Gasteiger partial charge on any atom is -0.508 e. The molecule has 4 N–H and O–H groups in total. The third-order valence-corrected chi connectivity index (χ3v) is 5.97. The lowest BCUT2D eigenvalue weighted by Gasteiger charge is -2.20. The molecule has 0 fully saturated rings. The van der Waals surface area contributed by atoms with E-state index in [1.807, 2.05) is 48.5 Å². The zero-order chi connectivity index (χ0) is 24.8. The van der Waals surface area contributed by atoms with Gasteiger partial charge in [-0.15, -0.1) is 0 Å². The standard InChI is InChI=1S/C27H26N2O6/c30-18-11-9-17(10-12-18)15-24(26(33)28-14-13-25(31)32)29-27(34)35-16-23-21-7-3-1-5-19(21)20-6-2-4-8-22(20)23/h1-12,23-24,30H,13-16H2,(H,28,33)(H,29,34)(H,31,32)/t24-/m0/s1. The SMILES string of the molecule is O=C(O)CCNC(=O)[C@H](Cc1ccc(O)cc1)NC(=O)OCC1c2ccccc2-c2ccccc21. The molecular formula is C27H26N2O6. The number of nitrogens with one attached hydrogen (secondary N) is 2. The van der Waals surface area contributed by atoms with Crippen LogP contribution in [-0.2, 0) is 20.7 Å². The van der Waals surface area contributed by atoms with Crippen LogP contribution in [0.25, 0.3) is 11.1 Å². The van der Waals surface area contributed by atoms with Gasteiger partial charge in [0.05, 0.1) is 6.42 Å².